The molecule has 7 heteroatoms. The molecule has 6 nitrogen and oxygen atoms in total. The molecule has 0 saturated heterocycles. The molecule has 3 aromatic rings. The molecule has 0 aliphatic heterocycles. The van der Waals surface area contributed by atoms with Crippen molar-refractivity contribution in [2.24, 2.45) is 0 Å². The van der Waals surface area contributed by atoms with E-state index in [-0.39, 0.29) is 11.1 Å². The molecule has 1 amide bonds. The summed E-state index contributed by atoms with van der Waals surface area (Å²) in [5.74, 6) is -0.557. The molecule has 1 atom stereocenters. The van der Waals surface area contributed by atoms with Crippen molar-refractivity contribution in [2.75, 3.05) is 20.3 Å². The second-order valence-corrected chi connectivity index (χ2v) is 15.9. The van der Waals surface area contributed by atoms with Gasteiger partial charge in [0.15, 0.2) is 0 Å². The van der Waals surface area contributed by atoms with E-state index in [4.69, 9.17) is 13.9 Å². The van der Waals surface area contributed by atoms with Gasteiger partial charge in [0.05, 0.1) is 13.7 Å². The van der Waals surface area contributed by atoms with Gasteiger partial charge in [-0.3, -0.25) is 0 Å². The molecule has 1 aliphatic rings. The maximum Gasteiger partial charge on any atom is 0.411 e. The summed E-state index contributed by atoms with van der Waals surface area (Å²) in [4.78, 5) is 28.4. The van der Waals surface area contributed by atoms with E-state index in [2.05, 4.69) is 69.3 Å². The predicted molar refractivity (Wildman–Crippen MR) is 160 cm³/mol. The molecule has 0 aromatic heterocycles. The van der Waals surface area contributed by atoms with E-state index in [0.717, 1.165) is 5.56 Å². The van der Waals surface area contributed by atoms with Crippen molar-refractivity contribution in [3.63, 3.8) is 0 Å². The first kappa shape index (κ1) is 29.6. The number of carbonyl (C=O) groups excluding carboxylic acids is 2. The van der Waals surface area contributed by atoms with Gasteiger partial charge in [0, 0.05) is 24.6 Å². The van der Waals surface area contributed by atoms with Gasteiger partial charge in [-0.2, -0.15) is 0 Å². The summed E-state index contributed by atoms with van der Waals surface area (Å²) in [5.41, 5.74) is 0.239. The number of hydrogen-bond donors (Lipinski definition) is 0. The van der Waals surface area contributed by atoms with Crippen LogP contribution in [0.2, 0.25) is 5.04 Å². The first-order valence-corrected chi connectivity index (χ1v) is 15.9. The quantitative estimate of drug-likeness (QED) is 0.259. The Kier molecular flexibility index (Phi) is 8.85. The molecular formula is C33H41NO5Si. The highest BCUT2D eigenvalue weighted by molar-refractivity contribution is 6.99. The van der Waals surface area contributed by atoms with E-state index in [9.17, 15) is 9.59 Å². The number of benzene rings is 3. The van der Waals surface area contributed by atoms with Crippen LogP contribution in [0.15, 0.2) is 84.9 Å². The molecule has 4 rings (SSSR count). The molecule has 0 saturated carbocycles. The molecule has 3 aromatic carbocycles. The van der Waals surface area contributed by atoms with E-state index in [1.807, 2.05) is 50.2 Å². The molecule has 1 aliphatic carbocycles. The molecule has 0 unspecified atom stereocenters. The number of methoxy groups -OCH3 is 1. The van der Waals surface area contributed by atoms with Gasteiger partial charge in [-0.15, -0.1) is 0 Å². The molecule has 0 spiro atoms. The summed E-state index contributed by atoms with van der Waals surface area (Å²) < 4.78 is 18.2. The lowest BCUT2D eigenvalue weighted by atomic mass is 9.96. The molecule has 0 N–H and O–H groups in total. The number of ether oxygens (including phenoxy) is 2. The van der Waals surface area contributed by atoms with Crippen molar-refractivity contribution in [1.29, 1.82) is 0 Å². The van der Waals surface area contributed by atoms with Crippen LogP contribution in [0.1, 0.15) is 52.2 Å². The Bertz CT molecular complexity index is 1270. The van der Waals surface area contributed by atoms with Gasteiger partial charge < -0.3 is 18.8 Å². The van der Waals surface area contributed by atoms with E-state index >= 15 is 0 Å². The van der Waals surface area contributed by atoms with Gasteiger partial charge in [0.25, 0.3) is 8.32 Å². The standard InChI is InChI=1S/C33H41NO5Si/c1-25(2)34(31(36)39-33(30(35)37-6)22-21-26-15-13-14-20-29(26)33)23-24-38-40(32(3,4)5,27-16-9-7-10-17-27)28-18-11-8-12-19-28/h7-20,25H,21-24H2,1-6H3/t33-/m0/s1. The second-order valence-electron chi connectivity index (χ2n) is 11.6. The number of nitrogens with zero attached hydrogens (tertiary/aromatic N) is 1. The van der Waals surface area contributed by atoms with Crippen LogP contribution in [0.5, 0.6) is 0 Å². The molecule has 0 heterocycles. The normalized spacial score (nSPS) is 16.9. The first-order valence-electron chi connectivity index (χ1n) is 14.0. The summed E-state index contributed by atoms with van der Waals surface area (Å²) in [6.07, 6.45) is 0.440. The highest BCUT2D eigenvalue weighted by Gasteiger charge is 2.52. The third-order valence-corrected chi connectivity index (χ3v) is 12.9. The fraction of sp³-hybridized carbons (Fsp3) is 0.394. The van der Waals surface area contributed by atoms with Crippen molar-refractivity contribution in [1.82, 2.24) is 4.90 Å². The van der Waals surface area contributed by atoms with E-state index in [1.165, 1.54) is 17.5 Å². The van der Waals surface area contributed by atoms with Crippen LogP contribution in [0.4, 0.5) is 4.79 Å². The number of aryl methyl sites for hydroxylation is 1. The Labute approximate surface area is 239 Å². The Morgan fingerprint density at radius 3 is 1.98 bits per heavy atom. The second kappa shape index (κ2) is 12.0. The minimum absolute atomic E-state index is 0.165. The van der Waals surface area contributed by atoms with Crippen LogP contribution < -0.4 is 10.4 Å². The summed E-state index contributed by atoms with van der Waals surface area (Å²) in [6, 6.07) is 28.3. The van der Waals surface area contributed by atoms with Crippen LogP contribution in [0, 0.1) is 0 Å². The monoisotopic (exact) mass is 559 g/mol. The van der Waals surface area contributed by atoms with E-state index in [1.54, 1.807) is 4.90 Å². The number of fused-ring (bicyclic) bond motifs is 1. The lowest BCUT2D eigenvalue weighted by molar-refractivity contribution is -0.165. The Balaban J connectivity index is 1.61. The molecular weight excluding hydrogens is 518 g/mol. The highest BCUT2D eigenvalue weighted by atomic mass is 28.4. The largest absolute Gasteiger partial charge is 0.466 e. The number of esters is 1. The fourth-order valence-corrected chi connectivity index (χ4v) is 10.5. The van der Waals surface area contributed by atoms with Crippen LogP contribution in [-0.2, 0) is 30.7 Å². The van der Waals surface area contributed by atoms with Gasteiger partial charge in [0.1, 0.15) is 0 Å². The number of rotatable bonds is 9. The zero-order chi connectivity index (χ0) is 29.0. The molecule has 40 heavy (non-hydrogen) atoms. The predicted octanol–water partition coefficient (Wildman–Crippen LogP) is 5.42. The highest BCUT2D eigenvalue weighted by Crippen LogP contribution is 2.42. The maximum absolute atomic E-state index is 13.7. The van der Waals surface area contributed by atoms with Crippen LogP contribution in [0.3, 0.4) is 0 Å². The minimum Gasteiger partial charge on any atom is -0.466 e. The Morgan fingerprint density at radius 1 is 0.900 bits per heavy atom. The van der Waals surface area contributed by atoms with Gasteiger partial charge in [-0.25, -0.2) is 9.59 Å². The number of carbonyl (C=O) groups is 2. The lowest BCUT2D eigenvalue weighted by Crippen LogP contribution is -2.67. The van der Waals surface area contributed by atoms with Gasteiger partial charge in [-0.1, -0.05) is 106 Å². The van der Waals surface area contributed by atoms with Gasteiger partial charge in [-0.05, 0) is 41.2 Å². The lowest BCUT2D eigenvalue weighted by Gasteiger charge is -2.43. The van der Waals surface area contributed by atoms with Crippen molar-refractivity contribution in [3.8, 4) is 0 Å². The summed E-state index contributed by atoms with van der Waals surface area (Å²) in [7, 11) is -1.43. The molecule has 0 fully saturated rings. The average molecular weight is 560 g/mol. The zero-order valence-corrected chi connectivity index (χ0v) is 25.5. The summed E-state index contributed by atoms with van der Waals surface area (Å²) in [6.45, 7) is 11.2. The van der Waals surface area contributed by atoms with Crippen molar-refractivity contribution in [3.05, 3.63) is 96.1 Å². The smallest absolute Gasteiger partial charge is 0.411 e. The summed E-state index contributed by atoms with van der Waals surface area (Å²) in [5, 5.41) is 2.18. The Morgan fingerprint density at radius 2 is 1.45 bits per heavy atom. The SMILES string of the molecule is COC(=O)[C@]1(OC(=O)N(CCO[Si](c2ccccc2)(c2ccccc2)C(C)(C)C)C(C)C)CCc2ccccc21. The van der Waals surface area contributed by atoms with Crippen LogP contribution in [-0.4, -0.2) is 51.6 Å². The third-order valence-electron chi connectivity index (χ3n) is 7.90. The van der Waals surface area contributed by atoms with Gasteiger partial charge >= 0.3 is 12.1 Å². The van der Waals surface area contributed by atoms with Crippen molar-refractivity contribution >= 4 is 30.8 Å². The third kappa shape index (κ3) is 5.45. The minimum atomic E-state index is -2.76. The Hall–Kier alpha value is -3.42. The van der Waals surface area contributed by atoms with Crippen molar-refractivity contribution < 1.29 is 23.5 Å². The van der Waals surface area contributed by atoms with Crippen LogP contribution in [0.25, 0.3) is 0 Å². The topological polar surface area (TPSA) is 65.1 Å². The maximum atomic E-state index is 13.7. The average Bonchev–Trinajstić information content (AvgIpc) is 3.32. The number of amides is 1. The fourth-order valence-electron chi connectivity index (χ4n) is 5.93. The van der Waals surface area contributed by atoms with E-state index in [0.29, 0.717) is 31.6 Å². The van der Waals surface area contributed by atoms with Crippen LogP contribution >= 0.6 is 0 Å². The van der Waals surface area contributed by atoms with Gasteiger partial charge in [0.2, 0.25) is 5.60 Å². The van der Waals surface area contributed by atoms with Crippen molar-refractivity contribution in [2.45, 2.75) is 64.1 Å². The zero-order valence-electron chi connectivity index (χ0n) is 24.5. The molecule has 0 radical (unpaired) electrons. The molecule has 212 valence electrons. The molecule has 0 bridgehead atoms. The van der Waals surface area contributed by atoms with E-state index < -0.39 is 26.0 Å². The summed E-state index contributed by atoms with van der Waals surface area (Å²) >= 11 is 0. The first-order chi connectivity index (χ1) is 19.1. The number of hydrogen-bond acceptors (Lipinski definition) is 5.